The summed E-state index contributed by atoms with van der Waals surface area (Å²) in [5.74, 6) is 2.09. The quantitative estimate of drug-likeness (QED) is 0.332. The molecule has 0 aromatic rings. The number of aliphatic imine (C=N–C) groups is 1. The van der Waals surface area contributed by atoms with Gasteiger partial charge in [-0.25, -0.2) is 0 Å². The van der Waals surface area contributed by atoms with E-state index in [0.29, 0.717) is 11.8 Å². The van der Waals surface area contributed by atoms with E-state index in [0.717, 1.165) is 64.9 Å². The van der Waals surface area contributed by atoms with Gasteiger partial charge in [-0.05, 0) is 25.8 Å². The Morgan fingerprint density at radius 1 is 1.27 bits per heavy atom. The van der Waals surface area contributed by atoms with Crippen molar-refractivity contribution in [2.45, 2.75) is 19.8 Å². The van der Waals surface area contributed by atoms with Crippen LogP contribution in [-0.2, 0) is 9.47 Å². The zero-order valence-electron chi connectivity index (χ0n) is 17.0. The van der Waals surface area contributed by atoms with Gasteiger partial charge in [0, 0.05) is 72.0 Å². The minimum Gasteiger partial charge on any atom is -0.381 e. The van der Waals surface area contributed by atoms with Gasteiger partial charge in [0.1, 0.15) is 0 Å². The molecule has 0 radical (unpaired) electrons. The summed E-state index contributed by atoms with van der Waals surface area (Å²) < 4.78 is 11.1. The van der Waals surface area contributed by atoms with Gasteiger partial charge in [-0.3, -0.25) is 4.99 Å². The molecule has 2 atom stereocenters. The van der Waals surface area contributed by atoms with Crippen LogP contribution in [-0.4, -0.2) is 102 Å². The molecular weight excluding hydrogens is 330 g/mol. The minimum absolute atomic E-state index is 0.596. The van der Waals surface area contributed by atoms with Gasteiger partial charge < -0.3 is 29.9 Å². The molecule has 2 saturated heterocycles. The fourth-order valence-electron chi connectivity index (χ4n) is 3.37. The maximum absolute atomic E-state index is 5.73. The van der Waals surface area contributed by atoms with Crippen LogP contribution < -0.4 is 10.6 Å². The Labute approximate surface area is 159 Å². The van der Waals surface area contributed by atoms with Gasteiger partial charge in [-0.15, -0.1) is 0 Å². The van der Waals surface area contributed by atoms with Gasteiger partial charge in [-0.2, -0.15) is 0 Å². The van der Waals surface area contributed by atoms with Gasteiger partial charge >= 0.3 is 0 Å². The second kappa shape index (κ2) is 12.5. The highest BCUT2D eigenvalue weighted by Gasteiger charge is 2.16. The molecule has 0 amide bonds. The van der Waals surface area contributed by atoms with Gasteiger partial charge in [0.25, 0.3) is 0 Å². The number of ether oxygens (including phenoxy) is 2. The lowest BCUT2D eigenvalue weighted by Crippen LogP contribution is -2.47. The topological polar surface area (TPSA) is 61.4 Å². The summed E-state index contributed by atoms with van der Waals surface area (Å²) in [6.07, 6.45) is 2.13. The smallest absolute Gasteiger partial charge is 0.190 e. The Bertz CT molecular complexity index is 393. The van der Waals surface area contributed by atoms with E-state index in [1.807, 2.05) is 7.05 Å². The van der Waals surface area contributed by atoms with Crippen LogP contribution in [0.4, 0.5) is 0 Å². The van der Waals surface area contributed by atoms with Crippen LogP contribution in [0.3, 0.4) is 0 Å². The maximum Gasteiger partial charge on any atom is 0.190 e. The number of rotatable bonds is 10. The molecule has 0 aromatic carbocycles. The van der Waals surface area contributed by atoms with E-state index in [4.69, 9.17) is 9.47 Å². The fourth-order valence-corrected chi connectivity index (χ4v) is 3.37. The summed E-state index contributed by atoms with van der Waals surface area (Å²) in [7, 11) is 4.03. The number of hydrogen-bond donors (Lipinski definition) is 2. The van der Waals surface area contributed by atoms with Crippen LogP contribution in [0.15, 0.2) is 4.99 Å². The van der Waals surface area contributed by atoms with Crippen LogP contribution in [0.5, 0.6) is 0 Å². The van der Waals surface area contributed by atoms with Crippen LogP contribution in [0.25, 0.3) is 0 Å². The minimum atomic E-state index is 0.596. The molecule has 7 heteroatoms. The summed E-state index contributed by atoms with van der Waals surface area (Å²) in [6.45, 7) is 13.4. The molecule has 2 N–H and O–H groups in total. The van der Waals surface area contributed by atoms with Crippen molar-refractivity contribution in [2.75, 3.05) is 86.3 Å². The Kier molecular flexibility index (Phi) is 10.3. The average Bonchev–Trinajstić information content (AvgIpc) is 3.16. The second-order valence-electron chi connectivity index (χ2n) is 7.75. The molecule has 0 saturated carbocycles. The average molecular weight is 370 g/mol. The predicted molar refractivity (Wildman–Crippen MR) is 107 cm³/mol. The number of likely N-dealkylation sites (N-methyl/N-ethyl adjacent to an activating group) is 1. The van der Waals surface area contributed by atoms with Crippen molar-refractivity contribution in [1.29, 1.82) is 0 Å². The lowest BCUT2D eigenvalue weighted by atomic mass is 10.1. The van der Waals surface area contributed by atoms with Crippen molar-refractivity contribution in [3.8, 4) is 0 Å². The largest absolute Gasteiger partial charge is 0.381 e. The lowest BCUT2D eigenvalue weighted by molar-refractivity contribution is 0.0888. The van der Waals surface area contributed by atoms with Gasteiger partial charge in [0.15, 0.2) is 5.96 Å². The summed E-state index contributed by atoms with van der Waals surface area (Å²) in [5, 5.41) is 6.82. The van der Waals surface area contributed by atoms with Crippen LogP contribution in [0.2, 0.25) is 0 Å². The number of hydrogen-bond acceptors (Lipinski definition) is 5. The van der Waals surface area contributed by atoms with Crippen LogP contribution in [0, 0.1) is 11.8 Å². The molecule has 2 fully saturated rings. The predicted octanol–water partition coefficient (Wildman–Crippen LogP) is 0.478. The molecule has 26 heavy (non-hydrogen) atoms. The Morgan fingerprint density at radius 3 is 2.77 bits per heavy atom. The first-order valence-corrected chi connectivity index (χ1v) is 10.2. The van der Waals surface area contributed by atoms with Crippen LogP contribution in [0.1, 0.15) is 19.8 Å². The number of piperazine rings is 1. The van der Waals surface area contributed by atoms with E-state index in [9.17, 15) is 0 Å². The maximum atomic E-state index is 5.73. The second-order valence-corrected chi connectivity index (χ2v) is 7.75. The first-order chi connectivity index (χ1) is 12.7. The van der Waals surface area contributed by atoms with E-state index in [-0.39, 0.29) is 0 Å². The molecule has 2 aliphatic rings. The fraction of sp³-hybridized carbons (Fsp3) is 0.947. The Balaban J connectivity index is 1.47. The highest BCUT2D eigenvalue weighted by atomic mass is 16.5. The molecule has 2 heterocycles. The molecule has 2 aliphatic heterocycles. The SMILES string of the molecule is CN=C(NCCCOCC1CCOC1)NCC(C)CN1CCN(C)CC1. The molecular formula is C19H39N5O2. The molecule has 0 aliphatic carbocycles. The molecule has 2 unspecified atom stereocenters. The van der Waals surface area contributed by atoms with Crippen molar-refractivity contribution in [1.82, 2.24) is 20.4 Å². The summed E-state index contributed by atoms with van der Waals surface area (Å²) >= 11 is 0. The van der Waals surface area contributed by atoms with Crippen LogP contribution >= 0.6 is 0 Å². The standard InChI is InChI=1S/C19H39N5O2/c1-17(14-24-9-7-23(3)8-10-24)13-22-19(20-2)21-6-4-11-25-15-18-5-12-26-16-18/h17-18H,4-16H2,1-3H3,(H2,20,21,22). The number of nitrogens with zero attached hydrogens (tertiary/aromatic N) is 3. The van der Waals surface area contributed by atoms with Crippen molar-refractivity contribution in [3.63, 3.8) is 0 Å². The van der Waals surface area contributed by atoms with Crippen molar-refractivity contribution in [2.24, 2.45) is 16.8 Å². The molecule has 152 valence electrons. The van der Waals surface area contributed by atoms with E-state index in [1.165, 1.54) is 26.2 Å². The third-order valence-electron chi connectivity index (χ3n) is 5.14. The van der Waals surface area contributed by atoms with Crippen molar-refractivity contribution >= 4 is 5.96 Å². The Hall–Kier alpha value is -0.890. The summed E-state index contributed by atoms with van der Waals surface area (Å²) in [4.78, 5) is 9.28. The first kappa shape index (κ1) is 21.4. The zero-order valence-corrected chi connectivity index (χ0v) is 17.0. The number of guanidine groups is 1. The third-order valence-corrected chi connectivity index (χ3v) is 5.14. The summed E-state index contributed by atoms with van der Waals surface area (Å²) in [5.41, 5.74) is 0. The van der Waals surface area contributed by atoms with Gasteiger partial charge in [0.2, 0.25) is 0 Å². The normalized spacial score (nSPS) is 24.0. The summed E-state index contributed by atoms with van der Waals surface area (Å²) in [6, 6.07) is 0. The molecule has 7 nitrogen and oxygen atoms in total. The van der Waals surface area contributed by atoms with Gasteiger partial charge in [0.05, 0.1) is 13.2 Å². The van der Waals surface area contributed by atoms with Gasteiger partial charge in [-0.1, -0.05) is 6.92 Å². The molecule has 0 aromatic heterocycles. The first-order valence-electron chi connectivity index (χ1n) is 10.2. The molecule has 0 bridgehead atoms. The lowest BCUT2D eigenvalue weighted by Gasteiger charge is -2.34. The van der Waals surface area contributed by atoms with E-state index in [2.05, 4.69) is 39.4 Å². The van der Waals surface area contributed by atoms with E-state index in [1.54, 1.807) is 0 Å². The highest BCUT2D eigenvalue weighted by molar-refractivity contribution is 5.79. The van der Waals surface area contributed by atoms with E-state index < -0.39 is 0 Å². The monoisotopic (exact) mass is 369 g/mol. The number of nitrogens with one attached hydrogen (secondary N) is 2. The Morgan fingerprint density at radius 2 is 2.08 bits per heavy atom. The highest BCUT2D eigenvalue weighted by Crippen LogP contribution is 2.12. The third kappa shape index (κ3) is 8.66. The zero-order chi connectivity index (χ0) is 18.6. The molecule has 0 spiro atoms. The van der Waals surface area contributed by atoms with Crippen molar-refractivity contribution < 1.29 is 9.47 Å². The molecule has 2 rings (SSSR count). The van der Waals surface area contributed by atoms with E-state index >= 15 is 0 Å². The van der Waals surface area contributed by atoms with Crippen molar-refractivity contribution in [3.05, 3.63) is 0 Å².